The quantitative estimate of drug-likeness (QED) is 0.242. The Morgan fingerprint density at radius 3 is 1.94 bits per heavy atom. The Morgan fingerprint density at radius 1 is 0.774 bits per heavy atom. The number of benzene rings is 2. The molecule has 0 aliphatic heterocycles. The summed E-state index contributed by atoms with van der Waals surface area (Å²) in [5.74, 6) is -0.420. The van der Waals surface area contributed by atoms with E-state index in [1.54, 1.807) is 12.1 Å². The Morgan fingerprint density at radius 2 is 1.35 bits per heavy atom. The predicted octanol–water partition coefficient (Wildman–Crippen LogP) is 8.32. The molecule has 2 rings (SSSR count). The Hall–Kier alpha value is -2.15. The molecule has 0 bridgehead atoms. The molecule has 0 radical (unpaired) electrons. The lowest BCUT2D eigenvalue weighted by molar-refractivity contribution is -0.274. The lowest BCUT2D eigenvalue weighted by Gasteiger charge is -2.22. The standard InChI is InChI=1S/C24H29F5O2/c1-3-4-5-6-7-8-9-19-10-14-21(15-11-19)23(25,26)30-18(2)20-12-16-22(17-13-20)31-24(27,28)29/h10-18H,3-9H2,1-2H3. The van der Waals surface area contributed by atoms with E-state index in [4.69, 9.17) is 4.74 Å². The first-order valence-corrected chi connectivity index (χ1v) is 10.6. The summed E-state index contributed by atoms with van der Waals surface area (Å²) in [7, 11) is 0. The molecule has 0 aliphatic carbocycles. The van der Waals surface area contributed by atoms with Gasteiger partial charge in [-0.3, -0.25) is 0 Å². The van der Waals surface area contributed by atoms with Gasteiger partial charge in [-0.05, 0) is 43.0 Å². The fourth-order valence-corrected chi connectivity index (χ4v) is 3.27. The summed E-state index contributed by atoms with van der Waals surface area (Å²) in [5.41, 5.74) is 1.06. The fourth-order valence-electron chi connectivity index (χ4n) is 3.27. The predicted molar refractivity (Wildman–Crippen MR) is 110 cm³/mol. The maximum atomic E-state index is 14.6. The first kappa shape index (κ1) is 25.1. The molecule has 2 nitrogen and oxygen atoms in total. The highest BCUT2D eigenvalue weighted by molar-refractivity contribution is 5.29. The van der Waals surface area contributed by atoms with E-state index in [-0.39, 0.29) is 5.56 Å². The zero-order chi connectivity index (χ0) is 22.9. The normalized spacial score (nSPS) is 13.3. The van der Waals surface area contributed by atoms with Crippen LogP contribution in [0.3, 0.4) is 0 Å². The third-order valence-electron chi connectivity index (χ3n) is 5.02. The van der Waals surface area contributed by atoms with Crippen LogP contribution in [0.25, 0.3) is 0 Å². The van der Waals surface area contributed by atoms with Crippen molar-refractivity contribution in [2.45, 2.75) is 77.4 Å². The van der Waals surface area contributed by atoms with Gasteiger partial charge < -0.3 is 9.47 Å². The summed E-state index contributed by atoms with van der Waals surface area (Å²) in [6.45, 7) is 3.59. The summed E-state index contributed by atoms with van der Waals surface area (Å²) in [4.78, 5) is 0. The highest BCUT2D eigenvalue weighted by Crippen LogP contribution is 2.36. The van der Waals surface area contributed by atoms with Crippen LogP contribution in [-0.4, -0.2) is 6.36 Å². The second kappa shape index (κ2) is 11.5. The Bertz CT molecular complexity index is 770. The maximum Gasteiger partial charge on any atom is 0.573 e. The van der Waals surface area contributed by atoms with E-state index in [1.807, 2.05) is 0 Å². The zero-order valence-corrected chi connectivity index (χ0v) is 17.9. The molecular formula is C24H29F5O2. The second-order valence-electron chi connectivity index (χ2n) is 7.61. The minimum atomic E-state index is -4.81. The second-order valence-corrected chi connectivity index (χ2v) is 7.61. The third-order valence-corrected chi connectivity index (χ3v) is 5.02. The highest BCUT2D eigenvalue weighted by atomic mass is 19.4. The lowest BCUT2D eigenvalue weighted by Crippen LogP contribution is -2.20. The SMILES string of the molecule is CCCCCCCCc1ccc(C(F)(F)OC(C)c2ccc(OC(F)(F)F)cc2)cc1. The van der Waals surface area contributed by atoms with Crippen molar-refractivity contribution in [2.75, 3.05) is 0 Å². The van der Waals surface area contributed by atoms with Gasteiger partial charge >= 0.3 is 12.5 Å². The number of hydrogen-bond acceptors (Lipinski definition) is 2. The molecular weight excluding hydrogens is 415 g/mol. The molecule has 31 heavy (non-hydrogen) atoms. The number of ether oxygens (including phenoxy) is 2. The van der Waals surface area contributed by atoms with Crippen LogP contribution in [0.15, 0.2) is 48.5 Å². The number of rotatable bonds is 12. The van der Waals surface area contributed by atoms with Gasteiger partial charge in [0.05, 0.1) is 11.7 Å². The van der Waals surface area contributed by atoms with Crippen LogP contribution in [0, 0.1) is 0 Å². The average molecular weight is 444 g/mol. The highest BCUT2D eigenvalue weighted by Gasteiger charge is 2.35. The molecule has 2 aromatic rings. The summed E-state index contributed by atoms with van der Waals surface area (Å²) < 4.78 is 74.5. The molecule has 0 aliphatic rings. The van der Waals surface area contributed by atoms with Gasteiger partial charge in [0.1, 0.15) is 5.75 Å². The van der Waals surface area contributed by atoms with E-state index in [0.717, 1.165) is 37.0 Å². The largest absolute Gasteiger partial charge is 0.573 e. The molecule has 0 fully saturated rings. The Labute approximate surface area is 180 Å². The molecule has 0 saturated carbocycles. The molecule has 0 spiro atoms. The zero-order valence-electron chi connectivity index (χ0n) is 17.9. The molecule has 1 atom stereocenters. The van der Waals surface area contributed by atoms with Crippen molar-refractivity contribution in [3.05, 3.63) is 65.2 Å². The first-order chi connectivity index (χ1) is 14.6. The molecule has 0 aromatic heterocycles. The first-order valence-electron chi connectivity index (χ1n) is 10.6. The topological polar surface area (TPSA) is 18.5 Å². The molecule has 7 heteroatoms. The van der Waals surface area contributed by atoms with Gasteiger partial charge in [0.25, 0.3) is 0 Å². The monoisotopic (exact) mass is 444 g/mol. The van der Waals surface area contributed by atoms with Crippen LogP contribution in [0.5, 0.6) is 5.75 Å². The summed E-state index contributed by atoms with van der Waals surface area (Å²) in [6.07, 6.45) is -1.49. The van der Waals surface area contributed by atoms with E-state index < -0.39 is 24.3 Å². The van der Waals surface area contributed by atoms with Gasteiger partial charge in [0.15, 0.2) is 0 Å². The van der Waals surface area contributed by atoms with Crippen molar-refractivity contribution in [1.82, 2.24) is 0 Å². The number of hydrogen-bond donors (Lipinski definition) is 0. The Kier molecular flexibility index (Phi) is 9.29. The minimum Gasteiger partial charge on any atom is -0.406 e. The number of alkyl halides is 5. The molecule has 0 amide bonds. The number of halogens is 5. The average Bonchev–Trinajstić information content (AvgIpc) is 2.70. The molecule has 172 valence electrons. The van der Waals surface area contributed by atoms with Crippen molar-refractivity contribution < 1.29 is 31.4 Å². The van der Waals surface area contributed by atoms with Crippen molar-refractivity contribution in [3.63, 3.8) is 0 Å². The van der Waals surface area contributed by atoms with E-state index in [9.17, 15) is 22.0 Å². The molecule has 1 unspecified atom stereocenters. The van der Waals surface area contributed by atoms with E-state index in [2.05, 4.69) is 11.7 Å². The van der Waals surface area contributed by atoms with Gasteiger partial charge in [-0.1, -0.05) is 75.4 Å². The van der Waals surface area contributed by atoms with Crippen LogP contribution >= 0.6 is 0 Å². The van der Waals surface area contributed by atoms with Crippen molar-refractivity contribution >= 4 is 0 Å². The fraction of sp³-hybridized carbons (Fsp3) is 0.500. The van der Waals surface area contributed by atoms with Gasteiger partial charge in [0.2, 0.25) is 0 Å². The van der Waals surface area contributed by atoms with Crippen molar-refractivity contribution in [3.8, 4) is 5.75 Å². The lowest BCUT2D eigenvalue weighted by atomic mass is 10.0. The summed E-state index contributed by atoms with van der Waals surface area (Å²) in [6, 6.07) is 10.8. The van der Waals surface area contributed by atoms with Crippen LogP contribution in [0.2, 0.25) is 0 Å². The maximum absolute atomic E-state index is 14.6. The van der Waals surface area contributed by atoms with Gasteiger partial charge in [-0.15, -0.1) is 13.2 Å². The van der Waals surface area contributed by atoms with Crippen LogP contribution < -0.4 is 4.74 Å². The summed E-state index contributed by atoms with van der Waals surface area (Å²) >= 11 is 0. The number of aryl methyl sites for hydroxylation is 1. The van der Waals surface area contributed by atoms with Crippen LogP contribution in [0.4, 0.5) is 22.0 Å². The Balaban J connectivity index is 1.89. The number of unbranched alkanes of at least 4 members (excludes halogenated alkanes) is 5. The van der Waals surface area contributed by atoms with Gasteiger partial charge in [-0.25, -0.2) is 0 Å². The molecule has 0 N–H and O–H groups in total. The molecule has 2 aromatic carbocycles. The summed E-state index contributed by atoms with van der Waals surface area (Å²) in [5, 5.41) is 0. The van der Waals surface area contributed by atoms with E-state index in [0.29, 0.717) is 5.56 Å². The smallest absolute Gasteiger partial charge is 0.406 e. The third kappa shape index (κ3) is 8.85. The molecule has 0 saturated heterocycles. The van der Waals surface area contributed by atoms with Crippen LogP contribution in [-0.2, 0) is 17.3 Å². The molecule has 0 heterocycles. The van der Waals surface area contributed by atoms with E-state index in [1.165, 1.54) is 56.9 Å². The van der Waals surface area contributed by atoms with Crippen LogP contribution in [0.1, 0.15) is 75.2 Å². The van der Waals surface area contributed by atoms with Gasteiger partial charge in [-0.2, -0.15) is 8.78 Å². The van der Waals surface area contributed by atoms with Gasteiger partial charge in [0, 0.05) is 0 Å². The van der Waals surface area contributed by atoms with Crippen molar-refractivity contribution in [2.24, 2.45) is 0 Å². The van der Waals surface area contributed by atoms with Crippen molar-refractivity contribution in [1.29, 1.82) is 0 Å². The van der Waals surface area contributed by atoms with E-state index >= 15 is 0 Å². The minimum absolute atomic E-state index is 0.261.